The number of rotatable bonds is 8. The first-order valence-electron chi connectivity index (χ1n) is 11.4. The quantitative estimate of drug-likeness (QED) is 0.137. The van der Waals surface area contributed by atoms with E-state index in [0.717, 1.165) is 19.4 Å². The number of carboxylic acids is 6. The van der Waals surface area contributed by atoms with E-state index < -0.39 is 47.9 Å². The normalized spacial score (nSPS) is 14.4. The van der Waals surface area contributed by atoms with E-state index >= 15 is 0 Å². The lowest BCUT2D eigenvalue weighted by Gasteiger charge is -2.07. The summed E-state index contributed by atoms with van der Waals surface area (Å²) in [6.07, 6.45) is 1.78. The van der Waals surface area contributed by atoms with Crippen molar-refractivity contribution in [2.75, 3.05) is 26.2 Å². The van der Waals surface area contributed by atoms with Crippen LogP contribution in [0.5, 0.6) is 0 Å². The maximum Gasteiger partial charge on any atom is 0.320 e. The van der Waals surface area contributed by atoms with Gasteiger partial charge in [0.25, 0.3) is 0 Å². The van der Waals surface area contributed by atoms with Gasteiger partial charge in [-0.2, -0.15) is 0 Å². The second-order valence-electron chi connectivity index (χ2n) is 8.00. The molecule has 17 N–H and O–H groups in total. The number of hydrogen-bond donors (Lipinski definition) is 12. The van der Waals surface area contributed by atoms with Crippen LogP contribution in [0.3, 0.4) is 0 Å². The van der Waals surface area contributed by atoms with Crippen molar-refractivity contribution in [1.82, 2.24) is 5.32 Å². The van der Waals surface area contributed by atoms with E-state index in [2.05, 4.69) is 22.5 Å². The van der Waals surface area contributed by atoms with Crippen molar-refractivity contribution in [3.8, 4) is 0 Å². The van der Waals surface area contributed by atoms with Crippen LogP contribution >= 0.6 is 0 Å². The molecule has 0 spiro atoms. The molecule has 232 valence electrons. The number of nitrogens with one attached hydrogen (secondary N) is 1. The summed E-state index contributed by atoms with van der Waals surface area (Å²) in [6, 6.07) is -1.69. The van der Waals surface area contributed by atoms with E-state index in [4.69, 9.17) is 42.1 Å². The fraction of sp³-hybridized carbons (Fsp3) is 0.714. The van der Waals surface area contributed by atoms with E-state index in [0.29, 0.717) is 0 Å². The molecule has 3 atom stereocenters. The molecule has 0 aromatic heterocycles. The van der Waals surface area contributed by atoms with Crippen molar-refractivity contribution in [2.24, 2.45) is 40.5 Å². The summed E-state index contributed by atoms with van der Waals surface area (Å²) in [7, 11) is 0. The van der Waals surface area contributed by atoms with E-state index in [1.165, 1.54) is 0 Å². The highest BCUT2D eigenvalue weighted by Crippen LogP contribution is 2.03. The molecule has 1 aliphatic heterocycles. The molecule has 0 amide bonds. The summed E-state index contributed by atoms with van der Waals surface area (Å²) in [4.78, 5) is 57.9. The predicted octanol–water partition coefficient (Wildman–Crippen LogP) is -2.98. The molecule has 0 aromatic rings. The molecule has 18 nitrogen and oxygen atoms in total. The van der Waals surface area contributed by atoms with Gasteiger partial charge in [0.1, 0.15) is 18.1 Å². The Bertz CT molecular complexity index is 627. The first-order chi connectivity index (χ1) is 17.7. The third kappa shape index (κ3) is 41.9. The van der Waals surface area contributed by atoms with Gasteiger partial charge in [-0.3, -0.25) is 28.8 Å². The van der Waals surface area contributed by atoms with Gasteiger partial charge < -0.3 is 64.6 Å². The molecule has 1 aliphatic rings. The lowest BCUT2D eigenvalue weighted by molar-refractivity contribution is -0.140. The minimum atomic E-state index is -0.968. The van der Waals surface area contributed by atoms with Crippen molar-refractivity contribution in [1.29, 1.82) is 0 Å². The lowest BCUT2D eigenvalue weighted by atomic mass is 10.1. The van der Waals surface area contributed by atoms with Gasteiger partial charge in [-0.05, 0) is 31.2 Å². The Morgan fingerprint density at radius 2 is 0.923 bits per heavy atom. The molecular formula is C21H46N6O12. The fourth-order valence-electron chi connectivity index (χ4n) is 1.47. The Balaban J connectivity index is -0.000000120. The Labute approximate surface area is 226 Å². The topological polar surface area (TPSA) is 366 Å². The van der Waals surface area contributed by atoms with Gasteiger partial charge in [0, 0.05) is 0 Å². The highest BCUT2D eigenvalue weighted by atomic mass is 16.4. The first kappa shape index (κ1) is 45.5. The average molecular weight is 575 g/mol. The van der Waals surface area contributed by atoms with Gasteiger partial charge in [-0.25, -0.2) is 0 Å². The van der Waals surface area contributed by atoms with E-state index in [9.17, 15) is 28.8 Å². The molecule has 1 rings (SSSR count). The smallest absolute Gasteiger partial charge is 0.320 e. The fourth-order valence-corrected chi connectivity index (χ4v) is 1.47. The molecule has 18 heteroatoms. The molecule has 1 saturated heterocycles. The second kappa shape index (κ2) is 29.1. The van der Waals surface area contributed by atoms with Crippen molar-refractivity contribution >= 4 is 35.8 Å². The van der Waals surface area contributed by atoms with Crippen LogP contribution in [-0.4, -0.2) is 111 Å². The SMILES string of the molecule is CC(C)[C@H](N)C(=O)O.CC(C)[C@H](N)C(=O)O.NCC(=O)O.NCC(=O)O.NCC(=O)O.O=C(O)[C@@H]1CCCN1. The highest BCUT2D eigenvalue weighted by molar-refractivity contribution is 5.74. The number of hydrogen-bond acceptors (Lipinski definition) is 12. The summed E-state index contributed by atoms with van der Waals surface area (Å²) in [5, 5.41) is 50.5. The maximum atomic E-state index is 10.1. The minimum absolute atomic E-state index is 0.0208. The molecule has 1 fully saturated rings. The van der Waals surface area contributed by atoms with Crippen LogP contribution in [0.25, 0.3) is 0 Å². The van der Waals surface area contributed by atoms with Crippen molar-refractivity contribution in [2.45, 2.75) is 58.7 Å². The molecule has 0 radical (unpaired) electrons. The third-order valence-electron chi connectivity index (χ3n) is 3.89. The van der Waals surface area contributed by atoms with Crippen molar-refractivity contribution in [3.63, 3.8) is 0 Å². The van der Waals surface area contributed by atoms with Gasteiger partial charge in [-0.1, -0.05) is 27.7 Å². The average Bonchev–Trinajstić information content (AvgIpc) is 3.40. The standard InChI is InChI=1S/C5H9NO2.2C5H11NO2.3C2H5NO2/c7-5(8)4-2-1-3-6-4;2*1-3(2)4(6)5(7)8;3*3-1-2(4)5/h4,6H,1-3H2,(H,7,8);2*3-4H,6H2,1-2H3,(H,7,8);3*1,3H2,(H,4,5)/t3*4-;;;/m000.../s1. The van der Waals surface area contributed by atoms with Crippen LogP contribution in [0.2, 0.25) is 0 Å². The Hall–Kier alpha value is -3.42. The number of carbonyl (C=O) groups is 6. The van der Waals surface area contributed by atoms with E-state index in [-0.39, 0.29) is 37.5 Å². The van der Waals surface area contributed by atoms with Crippen LogP contribution < -0.4 is 34.0 Å². The third-order valence-corrected chi connectivity index (χ3v) is 3.89. The van der Waals surface area contributed by atoms with Crippen molar-refractivity contribution < 1.29 is 59.4 Å². The van der Waals surface area contributed by atoms with E-state index in [1.54, 1.807) is 27.7 Å². The molecule has 0 saturated carbocycles. The monoisotopic (exact) mass is 574 g/mol. The van der Waals surface area contributed by atoms with Crippen LogP contribution in [0.15, 0.2) is 0 Å². The largest absolute Gasteiger partial charge is 0.480 e. The second-order valence-corrected chi connectivity index (χ2v) is 8.00. The number of aliphatic carboxylic acids is 6. The molecule has 0 aromatic carbocycles. The van der Waals surface area contributed by atoms with Crippen LogP contribution in [0, 0.1) is 11.8 Å². The van der Waals surface area contributed by atoms with Crippen LogP contribution in [0.1, 0.15) is 40.5 Å². The molecule has 39 heavy (non-hydrogen) atoms. The van der Waals surface area contributed by atoms with Crippen molar-refractivity contribution in [3.05, 3.63) is 0 Å². The number of carboxylic acid groups (broad SMARTS) is 6. The highest BCUT2D eigenvalue weighted by Gasteiger charge is 2.20. The zero-order valence-electron chi connectivity index (χ0n) is 22.6. The van der Waals surface area contributed by atoms with Crippen LogP contribution in [0.4, 0.5) is 0 Å². The zero-order chi connectivity index (χ0) is 32.3. The van der Waals surface area contributed by atoms with Gasteiger partial charge in [0.2, 0.25) is 0 Å². The van der Waals surface area contributed by atoms with Gasteiger partial charge in [0.05, 0.1) is 19.6 Å². The maximum absolute atomic E-state index is 10.1. The van der Waals surface area contributed by atoms with Gasteiger partial charge in [0.15, 0.2) is 0 Å². The summed E-state index contributed by atoms with van der Waals surface area (Å²) in [5.41, 5.74) is 24.0. The predicted molar refractivity (Wildman–Crippen MR) is 140 cm³/mol. The minimum Gasteiger partial charge on any atom is -0.480 e. The molecule has 0 aliphatic carbocycles. The summed E-state index contributed by atoms with van der Waals surface area (Å²) in [6.45, 7) is 7.13. The van der Waals surface area contributed by atoms with E-state index in [1.807, 2.05) is 0 Å². The molecular weight excluding hydrogens is 528 g/mol. The Morgan fingerprint density at radius 1 is 0.667 bits per heavy atom. The molecule has 1 heterocycles. The zero-order valence-corrected chi connectivity index (χ0v) is 22.6. The summed E-state index contributed by atoms with van der Waals surface area (Å²) >= 11 is 0. The summed E-state index contributed by atoms with van der Waals surface area (Å²) < 4.78 is 0. The first-order valence-corrected chi connectivity index (χ1v) is 11.4. The van der Waals surface area contributed by atoms with Gasteiger partial charge in [-0.15, -0.1) is 0 Å². The lowest BCUT2D eigenvalue weighted by Crippen LogP contribution is -2.34. The molecule has 0 bridgehead atoms. The van der Waals surface area contributed by atoms with Crippen LogP contribution in [-0.2, 0) is 28.8 Å². The Kier molecular flexibility index (Phi) is 34.0. The summed E-state index contributed by atoms with van der Waals surface area (Å²) in [5.74, 6) is -5.44. The Morgan fingerprint density at radius 3 is 0.974 bits per heavy atom. The number of nitrogens with two attached hydrogens (primary N) is 5. The molecule has 0 unspecified atom stereocenters. The van der Waals surface area contributed by atoms with Gasteiger partial charge >= 0.3 is 35.8 Å².